The smallest absolute Gasteiger partial charge is 0.251 e. The van der Waals surface area contributed by atoms with Crippen LogP contribution in [0.3, 0.4) is 0 Å². The molecule has 0 saturated carbocycles. The van der Waals surface area contributed by atoms with Gasteiger partial charge in [0.05, 0.1) is 18.2 Å². The SMILES string of the molecule is O=C1C[C@@H](N2CCCC2)C(=O)N1c1ccccc1. The highest BCUT2D eigenvalue weighted by Crippen LogP contribution is 2.27. The van der Waals surface area contributed by atoms with E-state index in [1.165, 1.54) is 4.90 Å². The average molecular weight is 244 g/mol. The van der Waals surface area contributed by atoms with E-state index in [0.29, 0.717) is 12.1 Å². The van der Waals surface area contributed by atoms with Gasteiger partial charge in [-0.1, -0.05) is 18.2 Å². The van der Waals surface area contributed by atoms with Crippen LogP contribution in [0.4, 0.5) is 5.69 Å². The topological polar surface area (TPSA) is 40.6 Å². The van der Waals surface area contributed by atoms with Crippen LogP contribution in [0, 0.1) is 0 Å². The van der Waals surface area contributed by atoms with E-state index in [2.05, 4.69) is 4.90 Å². The number of amides is 2. The maximum absolute atomic E-state index is 12.4. The number of hydrogen-bond donors (Lipinski definition) is 0. The van der Waals surface area contributed by atoms with Gasteiger partial charge in [0.25, 0.3) is 5.91 Å². The lowest BCUT2D eigenvalue weighted by Gasteiger charge is -2.21. The molecule has 2 saturated heterocycles. The largest absolute Gasteiger partial charge is 0.292 e. The Morgan fingerprint density at radius 1 is 1.00 bits per heavy atom. The Morgan fingerprint density at radius 3 is 2.33 bits per heavy atom. The third-order valence-corrected chi connectivity index (χ3v) is 3.72. The van der Waals surface area contributed by atoms with E-state index in [1.54, 1.807) is 0 Å². The first-order valence-electron chi connectivity index (χ1n) is 6.43. The van der Waals surface area contributed by atoms with Crippen molar-refractivity contribution in [1.82, 2.24) is 4.90 Å². The molecule has 0 bridgehead atoms. The molecule has 4 nitrogen and oxygen atoms in total. The van der Waals surface area contributed by atoms with Crippen LogP contribution in [0.15, 0.2) is 30.3 Å². The van der Waals surface area contributed by atoms with Gasteiger partial charge >= 0.3 is 0 Å². The lowest BCUT2D eigenvalue weighted by Crippen LogP contribution is -2.40. The number of carbonyl (C=O) groups excluding carboxylic acids is 2. The van der Waals surface area contributed by atoms with Gasteiger partial charge in [0, 0.05) is 0 Å². The second kappa shape index (κ2) is 4.53. The predicted octanol–water partition coefficient (Wildman–Crippen LogP) is 1.41. The van der Waals surface area contributed by atoms with Crippen molar-refractivity contribution < 1.29 is 9.59 Å². The van der Waals surface area contributed by atoms with Crippen molar-refractivity contribution in [3.05, 3.63) is 30.3 Å². The van der Waals surface area contributed by atoms with Gasteiger partial charge in [-0.2, -0.15) is 0 Å². The molecular formula is C14H16N2O2. The quantitative estimate of drug-likeness (QED) is 0.739. The zero-order valence-corrected chi connectivity index (χ0v) is 10.2. The fraction of sp³-hybridized carbons (Fsp3) is 0.429. The molecule has 18 heavy (non-hydrogen) atoms. The molecule has 4 heteroatoms. The van der Waals surface area contributed by atoms with Crippen molar-refractivity contribution in [2.24, 2.45) is 0 Å². The van der Waals surface area contributed by atoms with E-state index >= 15 is 0 Å². The predicted molar refractivity (Wildman–Crippen MR) is 68.1 cm³/mol. The van der Waals surface area contributed by atoms with Crippen LogP contribution in [-0.4, -0.2) is 35.8 Å². The maximum atomic E-state index is 12.4. The molecular weight excluding hydrogens is 228 g/mol. The van der Waals surface area contributed by atoms with Gasteiger partial charge in [0.15, 0.2) is 0 Å². The Morgan fingerprint density at radius 2 is 1.67 bits per heavy atom. The molecule has 0 spiro atoms. The monoisotopic (exact) mass is 244 g/mol. The summed E-state index contributed by atoms with van der Waals surface area (Å²) in [5, 5.41) is 0. The Labute approximate surface area is 106 Å². The van der Waals surface area contributed by atoms with Crippen molar-refractivity contribution in [1.29, 1.82) is 0 Å². The highest BCUT2D eigenvalue weighted by Gasteiger charge is 2.43. The molecule has 1 aromatic carbocycles. The highest BCUT2D eigenvalue weighted by molar-refractivity contribution is 6.22. The summed E-state index contributed by atoms with van der Waals surface area (Å²) < 4.78 is 0. The number of carbonyl (C=O) groups is 2. The first kappa shape index (κ1) is 11.4. The molecule has 2 amide bonds. The minimum Gasteiger partial charge on any atom is -0.292 e. The second-order valence-corrected chi connectivity index (χ2v) is 4.87. The van der Waals surface area contributed by atoms with Gasteiger partial charge in [-0.25, -0.2) is 4.90 Å². The number of nitrogens with zero attached hydrogens (tertiary/aromatic N) is 2. The van der Waals surface area contributed by atoms with E-state index in [9.17, 15) is 9.59 Å². The van der Waals surface area contributed by atoms with Gasteiger partial charge in [-0.05, 0) is 38.1 Å². The van der Waals surface area contributed by atoms with Gasteiger partial charge in [0.2, 0.25) is 5.91 Å². The average Bonchev–Trinajstić information content (AvgIpc) is 2.99. The summed E-state index contributed by atoms with van der Waals surface area (Å²) in [5.74, 6) is -0.142. The zero-order chi connectivity index (χ0) is 12.5. The first-order valence-corrected chi connectivity index (χ1v) is 6.43. The van der Waals surface area contributed by atoms with E-state index < -0.39 is 0 Å². The minimum absolute atomic E-state index is 0.0619. The van der Waals surface area contributed by atoms with Gasteiger partial charge in [0.1, 0.15) is 0 Å². The number of imide groups is 1. The molecule has 0 unspecified atom stereocenters. The molecule has 2 aliphatic rings. The van der Waals surface area contributed by atoms with Crippen molar-refractivity contribution >= 4 is 17.5 Å². The molecule has 2 heterocycles. The second-order valence-electron chi connectivity index (χ2n) is 4.87. The van der Waals surface area contributed by atoms with Crippen LogP contribution in [0.1, 0.15) is 19.3 Å². The van der Waals surface area contributed by atoms with Crippen LogP contribution in [-0.2, 0) is 9.59 Å². The molecule has 0 radical (unpaired) electrons. The highest BCUT2D eigenvalue weighted by atomic mass is 16.2. The van der Waals surface area contributed by atoms with Crippen molar-refractivity contribution in [2.75, 3.05) is 18.0 Å². The van der Waals surface area contributed by atoms with Crippen LogP contribution < -0.4 is 4.90 Å². The maximum Gasteiger partial charge on any atom is 0.251 e. The Bertz CT molecular complexity index is 466. The van der Waals surface area contributed by atoms with E-state index in [0.717, 1.165) is 25.9 Å². The molecule has 0 N–H and O–H groups in total. The molecule has 1 atom stereocenters. The lowest BCUT2D eigenvalue weighted by atomic mass is 10.2. The van der Waals surface area contributed by atoms with E-state index in [4.69, 9.17) is 0 Å². The van der Waals surface area contributed by atoms with Crippen molar-refractivity contribution in [3.63, 3.8) is 0 Å². The van der Waals surface area contributed by atoms with Crippen LogP contribution >= 0.6 is 0 Å². The van der Waals surface area contributed by atoms with Crippen LogP contribution in [0.25, 0.3) is 0 Å². The number of hydrogen-bond acceptors (Lipinski definition) is 3. The molecule has 2 aliphatic heterocycles. The summed E-state index contributed by atoms with van der Waals surface area (Å²) in [5.41, 5.74) is 0.689. The molecule has 2 fully saturated rings. The Hall–Kier alpha value is -1.68. The third kappa shape index (κ3) is 1.82. The number of likely N-dealkylation sites (tertiary alicyclic amines) is 1. The molecule has 1 aromatic rings. The van der Waals surface area contributed by atoms with Gasteiger partial charge < -0.3 is 0 Å². The fourth-order valence-corrected chi connectivity index (χ4v) is 2.80. The zero-order valence-electron chi connectivity index (χ0n) is 10.2. The van der Waals surface area contributed by atoms with Crippen LogP contribution in [0.2, 0.25) is 0 Å². The van der Waals surface area contributed by atoms with Crippen molar-refractivity contribution in [2.45, 2.75) is 25.3 Å². The lowest BCUT2D eigenvalue weighted by molar-refractivity contribution is -0.122. The normalized spacial score (nSPS) is 25.1. The summed E-state index contributed by atoms with van der Waals surface area (Å²) in [6.07, 6.45) is 2.58. The number of para-hydroxylation sites is 1. The molecule has 3 rings (SSSR count). The number of benzene rings is 1. The van der Waals surface area contributed by atoms with Gasteiger partial charge in [-0.15, -0.1) is 0 Å². The third-order valence-electron chi connectivity index (χ3n) is 3.72. The van der Waals surface area contributed by atoms with E-state index in [1.807, 2.05) is 30.3 Å². The molecule has 0 aliphatic carbocycles. The summed E-state index contributed by atoms with van der Waals surface area (Å²) in [4.78, 5) is 27.9. The first-order chi connectivity index (χ1) is 8.77. The van der Waals surface area contributed by atoms with Crippen LogP contribution in [0.5, 0.6) is 0 Å². The summed E-state index contributed by atoms with van der Waals surface area (Å²) in [6.45, 7) is 1.87. The molecule has 94 valence electrons. The summed E-state index contributed by atoms with van der Waals surface area (Å²) >= 11 is 0. The molecule has 0 aromatic heterocycles. The van der Waals surface area contributed by atoms with Crippen molar-refractivity contribution in [3.8, 4) is 0 Å². The number of anilines is 1. The Balaban J connectivity index is 1.85. The minimum atomic E-state index is -0.236. The fourth-order valence-electron chi connectivity index (χ4n) is 2.80. The summed E-state index contributed by atoms with van der Waals surface area (Å²) in [6, 6.07) is 8.95. The van der Waals surface area contributed by atoms with E-state index in [-0.39, 0.29) is 17.9 Å². The standard InChI is InChI=1S/C14H16N2O2/c17-13-10-12(15-8-4-5-9-15)14(18)16(13)11-6-2-1-3-7-11/h1-3,6-7,12H,4-5,8-10H2/t12-/m1/s1. The Kier molecular flexibility index (Phi) is 2.88. The summed E-state index contributed by atoms with van der Waals surface area (Å²) in [7, 11) is 0. The number of rotatable bonds is 2. The van der Waals surface area contributed by atoms with Gasteiger partial charge in [-0.3, -0.25) is 14.5 Å².